The molecule has 2 rings (SSSR count). The van der Waals surface area contributed by atoms with E-state index in [1.165, 1.54) is 6.07 Å². The summed E-state index contributed by atoms with van der Waals surface area (Å²) in [4.78, 5) is 4.12. The SMILES string of the molecule is Cc1c(CO)cc(Cl)cc1S(=O)(=O)NCc1ccccn1. The van der Waals surface area contributed by atoms with Crippen molar-refractivity contribution in [3.63, 3.8) is 0 Å². The van der Waals surface area contributed by atoms with Crippen molar-refractivity contribution in [1.29, 1.82) is 0 Å². The number of nitrogens with one attached hydrogen (secondary N) is 1. The zero-order valence-corrected chi connectivity index (χ0v) is 12.9. The minimum atomic E-state index is -3.73. The normalized spacial score (nSPS) is 11.6. The minimum Gasteiger partial charge on any atom is -0.392 e. The molecular weight excluding hydrogens is 312 g/mol. The number of aliphatic hydroxyl groups excluding tert-OH is 1. The fourth-order valence-electron chi connectivity index (χ4n) is 1.90. The molecule has 0 aliphatic rings. The number of nitrogens with zero attached hydrogens (tertiary/aromatic N) is 1. The number of benzene rings is 1. The second-order valence-electron chi connectivity index (χ2n) is 4.49. The molecule has 1 aromatic carbocycles. The first kappa shape index (κ1) is 15.9. The Morgan fingerprint density at radius 2 is 2.10 bits per heavy atom. The maximum atomic E-state index is 12.4. The Bertz CT molecular complexity index is 733. The number of halogens is 1. The van der Waals surface area contributed by atoms with Crippen molar-refractivity contribution in [1.82, 2.24) is 9.71 Å². The summed E-state index contributed by atoms with van der Waals surface area (Å²) in [5.41, 5.74) is 1.58. The number of sulfonamides is 1. The molecule has 2 N–H and O–H groups in total. The van der Waals surface area contributed by atoms with Crippen LogP contribution in [-0.4, -0.2) is 18.5 Å². The Kier molecular flexibility index (Phi) is 4.95. The molecule has 0 aliphatic carbocycles. The van der Waals surface area contributed by atoms with Gasteiger partial charge in [-0.15, -0.1) is 0 Å². The molecule has 0 fully saturated rings. The van der Waals surface area contributed by atoms with E-state index in [9.17, 15) is 13.5 Å². The topological polar surface area (TPSA) is 79.3 Å². The lowest BCUT2D eigenvalue weighted by molar-refractivity contribution is 0.280. The maximum Gasteiger partial charge on any atom is 0.241 e. The standard InChI is InChI=1S/C14H15ClN2O3S/c1-10-11(9-18)6-12(15)7-14(10)21(19,20)17-8-13-4-2-3-5-16-13/h2-7,17-18H,8-9H2,1H3. The van der Waals surface area contributed by atoms with Gasteiger partial charge < -0.3 is 5.11 Å². The molecule has 0 radical (unpaired) electrons. The molecule has 1 heterocycles. The second-order valence-corrected chi connectivity index (χ2v) is 6.66. The summed E-state index contributed by atoms with van der Waals surface area (Å²) in [6.45, 7) is 1.45. The second kappa shape index (κ2) is 6.53. The molecule has 0 unspecified atom stereocenters. The van der Waals surface area contributed by atoms with Crippen LogP contribution in [0.15, 0.2) is 41.4 Å². The molecule has 0 atom stereocenters. The smallest absolute Gasteiger partial charge is 0.241 e. The first-order chi connectivity index (χ1) is 9.94. The van der Waals surface area contributed by atoms with Crippen molar-refractivity contribution < 1.29 is 13.5 Å². The lowest BCUT2D eigenvalue weighted by Gasteiger charge is -2.12. The third-order valence-corrected chi connectivity index (χ3v) is 4.81. The highest BCUT2D eigenvalue weighted by molar-refractivity contribution is 7.89. The Hall–Kier alpha value is -1.47. The van der Waals surface area contributed by atoms with Crippen LogP contribution < -0.4 is 4.72 Å². The molecule has 0 saturated carbocycles. The van der Waals surface area contributed by atoms with E-state index in [0.717, 1.165) is 0 Å². The molecule has 0 saturated heterocycles. The fourth-order valence-corrected chi connectivity index (χ4v) is 3.52. The first-order valence-corrected chi connectivity index (χ1v) is 8.09. The fraction of sp³-hybridized carbons (Fsp3) is 0.214. The zero-order chi connectivity index (χ0) is 15.5. The molecule has 0 spiro atoms. The molecule has 0 aliphatic heterocycles. The van der Waals surface area contributed by atoms with Crippen LogP contribution in [0.1, 0.15) is 16.8 Å². The van der Waals surface area contributed by atoms with Crippen molar-refractivity contribution in [3.05, 3.63) is 58.4 Å². The molecule has 112 valence electrons. The summed E-state index contributed by atoms with van der Waals surface area (Å²) < 4.78 is 27.2. The van der Waals surface area contributed by atoms with E-state index in [1.54, 1.807) is 37.4 Å². The average molecular weight is 327 g/mol. The van der Waals surface area contributed by atoms with Gasteiger partial charge in [-0.25, -0.2) is 13.1 Å². The zero-order valence-electron chi connectivity index (χ0n) is 11.4. The van der Waals surface area contributed by atoms with Crippen LogP contribution in [0.25, 0.3) is 0 Å². The highest BCUT2D eigenvalue weighted by Gasteiger charge is 2.19. The van der Waals surface area contributed by atoms with E-state index >= 15 is 0 Å². The summed E-state index contributed by atoms with van der Waals surface area (Å²) in [6, 6.07) is 8.19. The third-order valence-electron chi connectivity index (χ3n) is 3.06. The van der Waals surface area contributed by atoms with E-state index in [1.807, 2.05) is 0 Å². The van der Waals surface area contributed by atoms with Crippen LogP contribution in [0.5, 0.6) is 0 Å². The van der Waals surface area contributed by atoms with Gasteiger partial charge in [0.2, 0.25) is 10.0 Å². The lowest BCUT2D eigenvalue weighted by Crippen LogP contribution is -2.24. The number of aromatic nitrogens is 1. The molecule has 0 bridgehead atoms. The number of hydrogen-bond acceptors (Lipinski definition) is 4. The highest BCUT2D eigenvalue weighted by Crippen LogP contribution is 2.24. The summed E-state index contributed by atoms with van der Waals surface area (Å²) in [6.07, 6.45) is 1.60. The quantitative estimate of drug-likeness (QED) is 0.881. The maximum absolute atomic E-state index is 12.4. The number of rotatable bonds is 5. The summed E-state index contributed by atoms with van der Waals surface area (Å²) in [5, 5.41) is 9.52. The third kappa shape index (κ3) is 3.79. The molecule has 1 aromatic heterocycles. The Morgan fingerprint density at radius 3 is 2.71 bits per heavy atom. The van der Waals surface area contributed by atoms with Gasteiger partial charge in [-0.2, -0.15) is 0 Å². The van der Waals surface area contributed by atoms with Crippen LogP contribution in [0.2, 0.25) is 5.02 Å². The largest absolute Gasteiger partial charge is 0.392 e. The molecular formula is C14H15ClN2O3S. The van der Waals surface area contributed by atoms with Crippen molar-refractivity contribution in [2.45, 2.75) is 25.0 Å². The van der Waals surface area contributed by atoms with Gasteiger partial charge in [-0.1, -0.05) is 17.7 Å². The lowest BCUT2D eigenvalue weighted by atomic mass is 10.1. The number of aliphatic hydroxyl groups is 1. The van der Waals surface area contributed by atoms with Gasteiger partial charge in [0.1, 0.15) is 0 Å². The van der Waals surface area contributed by atoms with Crippen LogP contribution in [0.4, 0.5) is 0 Å². The Labute approximate surface area is 128 Å². The van der Waals surface area contributed by atoms with E-state index < -0.39 is 10.0 Å². The highest BCUT2D eigenvalue weighted by atomic mass is 35.5. The van der Waals surface area contributed by atoms with E-state index in [0.29, 0.717) is 16.8 Å². The van der Waals surface area contributed by atoms with Crippen LogP contribution >= 0.6 is 11.6 Å². The number of hydrogen-bond donors (Lipinski definition) is 2. The molecule has 21 heavy (non-hydrogen) atoms. The van der Waals surface area contributed by atoms with Gasteiger partial charge in [-0.3, -0.25) is 4.98 Å². The van der Waals surface area contributed by atoms with Gasteiger partial charge in [0.15, 0.2) is 0 Å². The Morgan fingerprint density at radius 1 is 1.33 bits per heavy atom. The minimum absolute atomic E-state index is 0.0648. The van der Waals surface area contributed by atoms with E-state index in [-0.39, 0.29) is 23.1 Å². The molecule has 5 nitrogen and oxygen atoms in total. The average Bonchev–Trinajstić information content (AvgIpc) is 2.48. The van der Waals surface area contributed by atoms with Crippen molar-refractivity contribution in [2.24, 2.45) is 0 Å². The molecule has 0 amide bonds. The van der Waals surface area contributed by atoms with Crippen molar-refractivity contribution in [2.75, 3.05) is 0 Å². The predicted molar refractivity (Wildman–Crippen MR) is 80.4 cm³/mol. The number of pyridine rings is 1. The van der Waals surface area contributed by atoms with Gasteiger partial charge in [0.25, 0.3) is 0 Å². The summed E-state index contributed by atoms with van der Waals surface area (Å²) in [5.74, 6) is 0. The van der Waals surface area contributed by atoms with Crippen molar-refractivity contribution in [3.8, 4) is 0 Å². The summed E-state index contributed by atoms with van der Waals surface area (Å²) >= 11 is 5.91. The van der Waals surface area contributed by atoms with Gasteiger partial charge in [-0.05, 0) is 42.3 Å². The van der Waals surface area contributed by atoms with Crippen molar-refractivity contribution >= 4 is 21.6 Å². The first-order valence-electron chi connectivity index (χ1n) is 6.23. The molecule has 2 aromatic rings. The predicted octanol–water partition coefficient (Wildman–Crippen LogP) is 2.01. The molecule has 7 heteroatoms. The van der Waals surface area contributed by atoms with Crippen LogP contribution in [-0.2, 0) is 23.2 Å². The van der Waals surface area contributed by atoms with Crippen LogP contribution in [0, 0.1) is 6.92 Å². The summed E-state index contributed by atoms with van der Waals surface area (Å²) in [7, 11) is -3.73. The van der Waals surface area contributed by atoms with Gasteiger partial charge in [0, 0.05) is 11.2 Å². The van der Waals surface area contributed by atoms with Gasteiger partial charge >= 0.3 is 0 Å². The van der Waals surface area contributed by atoms with E-state index in [2.05, 4.69) is 9.71 Å². The monoisotopic (exact) mass is 326 g/mol. The van der Waals surface area contributed by atoms with E-state index in [4.69, 9.17) is 11.6 Å². The van der Waals surface area contributed by atoms with Crippen LogP contribution in [0.3, 0.4) is 0 Å². The van der Waals surface area contributed by atoms with Gasteiger partial charge in [0.05, 0.1) is 23.7 Å². The Balaban J connectivity index is 2.30.